The summed E-state index contributed by atoms with van der Waals surface area (Å²) in [6, 6.07) is 3.76. The Hall–Kier alpha value is -1.11. The van der Waals surface area contributed by atoms with Crippen molar-refractivity contribution in [1.29, 1.82) is 5.26 Å². The second kappa shape index (κ2) is 3.95. The highest BCUT2D eigenvalue weighted by molar-refractivity contribution is 6.30. The normalized spacial score (nSPS) is 20.7. The molecule has 1 atom stereocenters. The van der Waals surface area contributed by atoms with Gasteiger partial charge in [-0.15, -0.1) is 0 Å². The van der Waals surface area contributed by atoms with Gasteiger partial charge in [0.15, 0.2) is 0 Å². The van der Waals surface area contributed by atoms with Crippen LogP contribution in [0.4, 0.5) is 0 Å². The van der Waals surface area contributed by atoms with Crippen molar-refractivity contribution in [1.82, 2.24) is 4.98 Å². The van der Waals surface area contributed by atoms with Crippen molar-refractivity contribution in [2.24, 2.45) is 0 Å². The van der Waals surface area contributed by atoms with Crippen molar-refractivity contribution in [3.8, 4) is 6.07 Å². The number of hydrogen-bond donors (Lipinski definition) is 0. The SMILES string of the molecule is N#Cc1cc(C2CCCO2)cnc1Cl. The molecule has 2 heterocycles. The zero-order valence-electron chi connectivity index (χ0n) is 7.53. The lowest BCUT2D eigenvalue weighted by molar-refractivity contribution is 0.111. The van der Waals surface area contributed by atoms with Gasteiger partial charge in [0.25, 0.3) is 0 Å². The molecule has 0 aromatic carbocycles. The molecule has 1 unspecified atom stereocenters. The van der Waals surface area contributed by atoms with Crippen LogP contribution in [0.25, 0.3) is 0 Å². The van der Waals surface area contributed by atoms with Crippen LogP contribution < -0.4 is 0 Å². The van der Waals surface area contributed by atoms with Crippen LogP contribution in [0.5, 0.6) is 0 Å². The Morgan fingerprint density at radius 3 is 3.14 bits per heavy atom. The summed E-state index contributed by atoms with van der Waals surface area (Å²) in [5, 5.41) is 9.03. The number of nitrogens with zero attached hydrogens (tertiary/aromatic N) is 2. The van der Waals surface area contributed by atoms with Gasteiger partial charge >= 0.3 is 0 Å². The van der Waals surface area contributed by atoms with E-state index in [2.05, 4.69) is 4.98 Å². The van der Waals surface area contributed by atoms with Crippen molar-refractivity contribution < 1.29 is 4.74 Å². The van der Waals surface area contributed by atoms with Gasteiger partial charge in [-0.1, -0.05) is 11.6 Å². The molecule has 72 valence electrons. The van der Waals surface area contributed by atoms with Crippen LogP contribution in [-0.2, 0) is 4.74 Å². The number of aromatic nitrogens is 1. The summed E-state index contributed by atoms with van der Waals surface area (Å²) < 4.78 is 5.49. The van der Waals surface area contributed by atoms with Crippen LogP contribution in [0.2, 0.25) is 5.15 Å². The Kier molecular flexibility index (Phi) is 2.67. The molecule has 1 aromatic rings. The highest BCUT2D eigenvalue weighted by Gasteiger charge is 2.18. The van der Waals surface area contributed by atoms with Gasteiger partial charge in [-0.3, -0.25) is 0 Å². The second-order valence-electron chi connectivity index (χ2n) is 3.22. The van der Waals surface area contributed by atoms with Gasteiger partial charge in [0.1, 0.15) is 11.2 Å². The maximum absolute atomic E-state index is 8.77. The minimum absolute atomic E-state index is 0.0897. The highest BCUT2D eigenvalue weighted by atomic mass is 35.5. The Morgan fingerprint density at radius 2 is 2.50 bits per heavy atom. The first-order valence-electron chi connectivity index (χ1n) is 4.48. The first-order chi connectivity index (χ1) is 6.81. The molecule has 0 spiro atoms. The molecule has 2 rings (SSSR count). The van der Waals surface area contributed by atoms with Crippen molar-refractivity contribution in [2.45, 2.75) is 18.9 Å². The van der Waals surface area contributed by atoms with Gasteiger partial charge < -0.3 is 4.74 Å². The fourth-order valence-electron chi connectivity index (χ4n) is 1.56. The summed E-state index contributed by atoms with van der Waals surface area (Å²) in [6.07, 6.45) is 3.83. The average molecular weight is 209 g/mol. The van der Waals surface area contributed by atoms with Crippen LogP contribution in [0.3, 0.4) is 0 Å². The standard InChI is InChI=1S/C10H9ClN2O/c11-10-7(5-12)4-8(6-13-10)9-2-1-3-14-9/h4,6,9H,1-3H2. The van der Waals surface area contributed by atoms with Crippen LogP contribution >= 0.6 is 11.6 Å². The quantitative estimate of drug-likeness (QED) is 0.666. The van der Waals surface area contributed by atoms with E-state index in [1.807, 2.05) is 6.07 Å². The van der Waals surface area contributed by atoms with E-state index in [4.69, 9.17) is 21.6 Å². The topological polar surface area (TPSA) is 45.9 Å². The molecule has 0 bridgehead atoms. The Balaban J connectivity index is 2.31. The lowest BCUT2D eigenvalue weighted by Crippen LogP contribution is -1.97. The molecule has 1 aliphatic rings. The van der Waals surface area contributed by atoms with Gasteiger partial charge in [-0.2, -0.15) is 5.26 Å². The van der Waals surface area contributed by atoms with Gasteiger partial charge in [0, 0.05) is 18.4 Å². The maximum Gasteiger partial charge on any atom is 0.146 e. The van der Waals surface area contributed by atoms with Crippen LogP contribution in [-0.4, -0.2) is 11.6 Å². The van der Waals surface area contributed by atoms with E-state index in [1.54, 1.807) is 12.3 Å². The van der Waals surface area contributed by atoms with Crippen molar-refractivity contribution in [3.05, 3.63) is 28.5 Å². The van der Waals surface area contributed by atoms with E-state index in [0.717, 1.165) is 25.0 Å². The molecule has 0 amide bonds. The number of pyridine rings is 1. The third kappa shape index (κ3) is 1.72. The third-order valence-corrected chi connectivity index (χ3v) is 2.58. The fourth-order valence-corrected chi connectivity index (χ4v) is 1.70. The lowest BCUT2D eigenvalue weighted by Gasteiger charge is -2.09. The number of hydrogen-bond acceptors (Lipinski definition) is 3. The monoisotopic (exact) mass is 208 g/mol. The van der Waals surface area contributed by atoms with Crippen LogP contribution in [0.1, 0.15) is 30.1 Å². The predicted molar refractivity (Wildman–Crippen MR) is 51.9 cm³/mol. The highest BCUT2D eigenvalue weighted by Crippen LogP contribution is 2.29. The predicted octanol–water partition coefficient (Wildman–Crippen LogP) is 2.46. The van der Waals surface area contributed by atoms with Crippen molar-refractivity contribution >= 4 is 11.6 Å². The van der Waals surface area contributed by atoms with Gasteiger partial charge in [0.2, 0.25) is 0 Å². The molecular weight excluding hydrogens is 200 g/mol. The summed E-state index contributed by atoms with van der Waals surface area (Å²) in [5.41, 5.74) is 1.36. The smallest absolute Gasteiger partial charge is 0.146 e. The van der Waals surface area contributed by atoms with E-state index < -0.39 is 0 Å². The molecule has 0 N–H and O–H groups in total. The average Bonchev–Trinajstić information content (AvgIpc) is 2.71. The minimum atomic E-state index is 0.0897. The molecule has 1 aromatic heterocycles. The Morgan fingerprint density at radius 1 is 1.64 bits per heavy atom. The van der Waals surface area contributed by atoms with E-state index >= 15 is 0 Å². The second-order valence-corrected chi connectivity index (χ2v) is 3.58. The van der Waals surface area contributed by atoms with Crippen LogP contribution in [0.15, 0.2) is 12.3 Å². The van der Waals surface area contributed by atoms with E-state index in [1.165, 1.54) is 0 Å². The van der Waals surface area contributed by atoms with Gasteiger partial charge in [-0.25, -0.2) is 4.98 Å². The van der Waals surface area contributed by atoms with E-state index in [-0.39, 0.29) is 11.3 Å². The maximum atomic E-state index is 8.77. The van der Waals surface area contributed by atoms with Crippen molar-refractivity contribution in [3.63, 3.8) is 0 Å². The summed E-state index contributed by atoms with van der Waals surface area (Å²) >= 11 is 5.73. The number of halogens is 1. The van der Waals surface area contributed by atoms with Gasteiger partial charge in [-0.05, 0) is 18.9 Å². The lowest BCUT2D eigenvalue weighted by atomic mass is 10.1. The summed E-state index contributed by atoms with van der Waals surface area (Å²) in [5.74, 6) is 0. The third-order valence-electron chi connectivity index (χ3n) is 2.28. The molecule has 3 nitrogen and oxygen atoms in total. The molecular formula is C10H9ClN2O. The molecule has 14 heavy (non-hydrogen) atoms. The zero-order chi connectivity index (χ0) is 9.97. The Labute approximate surface area is 87.3 Å². The largest absolute Gasteiger partial charge is 0.373 e. The molecule has 4 heteroatoms. The molecule has 1 aliphatic heterocycles. The molecule has 1 saturated heterocycles. The summed E-state index contributed by atoms with van der Waals surface area (Å²) in [7, 11) is 0. The van der Waals surface area contributed by atoms with E-state index in [9.17, 15) is 0 Å². The van der Waals surface area contributed by atoms with E-state index in [0.29, 0.717) is 5.56 Å². The molecule has 0 aliphatic carbocycles. The molecule has 1 fully saturated rings. The number of rotatable bonds is 1. The summed E-state index contributed by atoms with van der Waals surface area (Å²) in [4.78, 5) is 3.96. The first-order valence-corrected chi connectivity index (χ1v) is 4.86. The minimum Gasteiger partial charge on any atom is -0.373 e. The molecule has 0 saturated carbocycles. The number of ether oxygens (including phenoxy) is 1. The Bertz CT molecular complexity index is 380. The number of nitriles is 1. The van der Waals surface area contributed by atoms with Crippen molar-refractivity contribution in [2.75, 3.05) is 6.61 Å². The zero-order valence-corrected chi connectivity index (χ0v) is 8.29. The molecule has 0 radical (unpaired) electrons. The fraction of sp³-hybridized carbons (Fsp3) is 0.400. The van der Waals surface area contributed by atoms with Gasteiger partial charge in [0.05, 0.1) is 11.7 Å². The van der Waals surface area contributed by atoms with Crippen LogP contribution in [0, 0.1) is 11.3 Å². The summed E-state index contributed by atoms with van der Waals surface area (Å²) in [6.45, 7) is 0.787. The first kappa shape index (κ1) is 9.45.